The molecule has 0 aromatic heterocycles. The molecule has 0 bridgehead atoms. The fourth-order valence-electron chi connectivity index (χ4n) is 2.48. The third-order valence-electron chi connectivity index (χ3n) is 3.55. The van der Waals surface area contributed by atoms with Crippen LogP contribution in [0.25, 0.3) is 0 Å². The molecule has 1 heterocycles. The molecule has 5 heteroatoms. The number of hydrogen-bond donors (Lipinski definition) is 1. The maximum atomic E-state index is 12.6. The molecule has 0 spiro atoms. The summed E-state index contributed by atoms with van der Waals surface area (Å²) in [6, 6.07) is 5.37. The maximum absolute atomic E-state index is 12.6. The molecule has 1 fully saturated rings. The van der Waals surface area contributed by atoms with Crippen LogP contribution in [0.1, 0.15) is 23.2 Å². The average Bonchev–Trinajstić information content (AvgIpc) is 2.94. The SMILES string of the molecule is COc1ccc(OC)c(C(=O)N2CCCC2CN)c1. The molecule has 2 N–H and O–H groups in total. The largest absolute Gasteiger partial charge is 0.497 e. The van der Waals surface area contributed by atoms with Crippen molar-refractivity contribution in [1.82, 2.24) is 4.90 Å². The number of amides is 1. The van der Waals surface area contributed by atoms with E-state index in [2.05, 4.69) is 0 Å². The van der Waals surface area contributed by atoms with Crippen LogP contribution < -0.4 is 15.2 Å². The Morgan fingerprint density at radius 1 is 1.42 bits per heavy atom. The van der Waals surface area contributed by atoms with Gasteiger partial charge in [-0.3, -0.25) is 4.79 Å². The van der Waals surface area contributed by atoms with Crippen LogP contribution >= 0.6 is 0 Å². The average molecular weight is 264 g/mol. The predicted molar refractivity (Wildman–Crippen MR) is 72.7 cm³/mol. The van der Waals surface area contributed by atoms with E-state index in [-0.39, 0.29) is 11.9 Å². The highest BCUT2D eigenvalue weighted by molar-refractivity contribution is 5.97. The number of methoxy groups -OCH3 is 2. The van der Waals surface area contributed by atoms with E-state index in [1.807, 2.05) is 4.90 Å². The summed E-state index contributed by atoms with van der Waals surface area (Å²) < 4.78 is 10.4. The van der Waals surface area contributed by atoms with E-state index in [1.54, 1.807) is 32.4 Å². The highest BCUT2D eigenvalue weighted by Gasteiger charge is 2.30. The summed E-state index contributed by atoms with van der Waals surface area (Å²) in [6.07, 6.45) is 1.97. The number of carbonyl (C=O) groups excluding carboxylic acids is 1. The summed E-state index contributed by atoms with van der Waals surface area (Å²) in [5, 5.41) is 0. The third kappa shape index (κ3) is 2.66. The lowest BCUT2D eigenvalue weighted by atomic mass is 10.1. The summed E-state index contributed by atoms with van der Waals surface area (Å²) in [7, 11) is 3.14. The minimum atomic E-state index is -0.0382. The van der Waals surface area contributed by atoms with Gasteiger partial charge < -0.3 is 20.1 Å². The number of ether oxygens (including phenoxy) is 2. The van der Waals surface area contributed by atoms with Crippen molar-refractivity contribution in [2.75, 3.05) is 27.3 Å². The number of hydrogen-bond acceptors (Lipinski definition) is 4. The highest BCUT2D eigenvalue weighted by Crippen LogP contribution is 2.28. The Balaban J connectivity index is 2.31. The number of nitrogens with two attached hydrogens (primary N) is 1. The number of carbonyl (C=O) groups is 1. The molecule has 1 unspecified atom stereocenters. The molecule has 0 aliphatic carbocycles. The zero-order chi connectivity index (χ0) is 13.8. The van der Waals surface area contributed by atoms with Gasteiger partial charge >= 0.3 is 0 Å². The molecule has 2 rings (SSSR count). The first-order chi connectivity index (χ1) is 9.21. The quantitative estimate of drug-likeness (QED) is 0.889. The summed E-state index contributed by atoms with van der Waals surface area (Å²) in [5.74, 6) is 1.17. The molecule has 1 aromatic carbocycles. The Labute approximate surface area is 113 Å². The van der Waals surface area contributed by atoms with E-state index in [4.69, 9.17) is 15.2 Å². The molecular formula is C14H20N2O3. The van der Waals surface area contributed by atoms with Crippen molar-refractivity contribution >= 4 is 5.91 Å². The lowest BCUT2D eigenvalue weighted by Gasteiger charge is -2.24. The second-order valence-corrected chi connectivity index (χ2v) is 4.60. The molecule has 1 atom stereocenters. The topological polar surface area (TPSA) is 64.8 Å². The fourth-order valence-corrected chi connectivity index (χ4v) is 2.48. The van der Waals surface area contributed by atoms with Crippen LogP contribution in [0, 0.1) is 0 Å². The molecule has 1 saturated heterocycles. The molecule has 0 radical (unpaired) electrons. The third-order valence-corrected chi connectivity index (χ3v) is 3.55. The number of nitrogens with zero attached hydrogens (tertiary/aromatic N) is 1. The van der Waals surface area contributed by atoms with Crippen molar-refractivity contribution in [1.29, 1.82) is 0 Å². The van der Waals surface area contributed by atoms with Crippen LogP contribution in [-0.2, 0) is 0 Å². The van der Waals surface area contributed by atoms with E-state index in [1.165, 1.54) is 0 Å². The Kier molecular flexibility index (Phi) is 4.27. The Morgan fingerprint density at radius 3 is 2.84 bits per heavy atom. The van der Waals surface area contributed by atoms with E-state index in [9.17, 15) is 4.79 Å². The van der Waals surface area contributed by atoms with Gasteiger partial charge in [0.2, 0.25) is 0 Å². The van der Waals surface area contributed by atoms with Gasteiger partial charge in [-0.25, -0.2) is 0 Å². The van der Waals surface area contributed by atoms with E-state index < -0.39 is 0 Å². The van der Waals surface area contributed by atoms with Gasteiger partial charge in [0.1, 0.15) is 11.5 Å². The Morgan fingerprint density at radius 2 is 2.21 bits per heavy atom. The van der Waals surface area contributed by atoms with Crippen molar-refractivity contribution < 1.29 is 14.3 Å². The molecule has 19 heavy (non-hydrogen) atoms. The van der Waals surface area contributed by atoms with Gasteiger partial charge in [-0.2, -0.15) is 0 Å². The monoisotopic (exact) mass is 264 g/mol. The van der Waals surface area contributed by atoms with Gasteiger partial charge in [-0.15, -0.1) is 0 Å². The minimum Gasteiger partial charge on any atom is -0.497 e. The van der Waals surface area contributed by atoms with Crippen LogP contribution in [-0.4, -0.2) is 44.2 Å². The van der Waals surface area contributed by atoms with Crippen molar-refractivity contribution in [2.24, 2.45) is 5.73 Å². The fraction of sp³-hybridized carbons (Fsp3) is 0.500. The molecular weight excluding hydrogens is 244 g/mol. The van der Waals surface area contributed by atoms with Crippen molar-refractivity contribution in [3.05, 3.63) is 23.8 Å². The lowest BCUT2D eigenvalue weighted by Crippen LogP contribution is -2.40. The predicted octanol–water partition coefficient (Wildman–Crippen LogP) is 1.27. The van der Waals surface area contributed by atoms with Gasteiger partial charge in [0, 0.05) is 19.1 Å². The van der Waals surface area contributed by atoms with Crippen LogP contribution in [0.4, 0.5) is 0 Å². The van der Waals surface area contributed by atoms with Gasteiger partial charge in [0.15, 0.2) is 0 Å². The molecule has 104 valence electrons. The minimum absolute atomic E-state index is 0.0382. The smallest absolute Gasteiger partial charge is 0.258 e. The number of benzene rings is 1. The van der Waals surface area contributed by atoms with Gasteiger partial charge in [0.25, 0.3) is 5.91 Å². The molecule has 1 amide bonds. The first-order valence-corrected chi connectivity index (χ1v) is 6.44. The lowest BCUT2D eigenvalue weighted by molar-refractivity contribution is 0.0737. The normalized spacial score (nSPS) is 18.5. The summed E-state index contributed by atoms with van der Waals surface area (Å²) in [6.45, 7) is 1.25. The maximum Gasteiger partial charge on any atom is 0.258 e. The molecule has 1 aliphatic rings. The highest BCUT2D eigenvalue weighted by atomic mass is 16.5. The molecule has 1 aromatic rings. The van der Waals surface area contributed by atoms with Gasteiger partial charge in [-0.05, 0) is 31.0 Å². The first-order valence-electron chi connectivity index (χ1n) is 6.44. The van der Waals surface area contributed by atoms with Crippen LogP contribution in [0.3, 0.4) is 0 Å². The van der Waals surface area contributed by atoms with E-state index >= 15 is 0 Å². The zero-order valence-corrected chi connectivity index (χ0v) is 11.4. The van der Waals surface area contributed by atoms with Crippen molar-refractivity contribution in [3.63, 3.8) is 0 Å². The Bertz CT molecular complexity index is 462. The van der Waals surface area contributed by atoms with Crippen LogP contribution in [0.15, 0.2) is 18.2 Å². The summed E-state index contributed by atoms with van der Waals surface area (Å²) in [4.78, 5) is 14.4. The summed E-state index contributed by atoms with van der Waals surface area (Å²) in [5.41, 5.74) is 6.25. The van der Waals surface area contributed by atoms with Gasteiger partial charge in [-0.1, -0.05) is 0 Å². The van der Waals surface area contributed by atoms with Crippen LogP contribution in [0.2, 0.25) is 0 Å². The van der Waals surface area contributed by atoms with E-state index in [0.717, 1.165) is 19.4 Å². The standard InChI is InChI=1S/C14H20N2O3/c1-18-11-5-6-13(19-2)12(8-11)14(17)16-7-3-4-10(16)9-15/h5-6,8,10H,3-4,7,9,15H2,1-2H3. The second kappa shape index (κ2) is 5.93. The van der Waals surface area contributed by atoms with Gasteiger partial charge in [0.05, 0.1) is 19.8 Å². The first kappa shape index (κ1) is 13.7. The Hall–Kier alpha value is -1.75. The van der Waals surface area contributed by atoms with Crippen LogP contribution in [0.5, 0.6) is 11.5 Å². The second-order valence-electron chi connectivity index (χ2n) is 4.60. The number of likely N-dealkylation sites (tertiary alicyclic amines) is 1. The molecule has 5 nitrogen and oxygen atoms in total. The molecule has 1 aliphatic heterocycles. The van der Waals surface area contributed by atoms with Crippen molar-refractivity contribution in [3.8, 4) is 11.5 Å². The zero-order valence-electron chi connectivity index (χ0n) is 11.4. The van der Waals surface area contributed by atoms with Crippen molar-refractivity contribution in [2.45, 2.75) is 18.9 Å². The summed E-state index contributed by atoms with van der Waals surface area (Å²) >= 11 is 0. The number of rotatable bonds is 4. The van der Waals surface area contributed by atoms with E-state index in [0.29, 0.717) is 23.6 Å². The molecule has 0 saturated carbocycles.